The number of allylic oxidation sites excluding steroid dienone is 4. The Hall–Kier alpha value is -0.520. The van der Waals surface area contributed by atoms with Crippen molar-refractivity contribution in [2.75, 3.05) is 0 Å². The van der Waals surface area contributed by atoms with Crippen molar-refractivity contribution in [2.24, 2.45) is 0 Å². The fourth-order valence-electron chi connectivity index (χ4n) is 1.99. The van der Waals surface area contributed by atoms with E-state index in [9.17, 15) is 0 Å². The van der Waals surface area contributed by atoms with Gasteiger partial charge in [-0.2, -0.15) is 0 Å². The van der Waals surface area contributed by atoms with Crippen LogP contribution in [0, 0.1) is 6.92 Å². The molecule has 0 saturated heterocycles. The second-order valence-electron chi connectivity index (χ2n) is 5.08. The zero-order valence-electron chi connectivity index (χ0n) is 12.5. The van der Waals surface area contributed by atoms with Crippen LogP contribution in [0.5, 0.6) is 0 Å². The van der Waals surface area contributed by atoms with Crippen LogP contribution < -0.4 is 0 Å². The monoisotopic (exact) mass is 249 g/mol. The highest BCUT2D eigenvalue weighted by Gasteiger charge is 1.87. The zero-order chi connectivity index (χ0) is 13.3. The second kappa shape index (κ2) is 16.5. The lowest BCUT2D eigenvalue weighted by Gasteiger charge is -1.97. The molecule has 18 heavy (non-hydrogen) atoms. The van der Waals surface area contributed by atoms with Crippen molar-refractivity contribution in [1.29, 1.82) is 0 Å². The Morgan fingerprint density at radius 2 is 1.22 bits per heavy atom. The molecule has 0 fully saturated rings. The maximum absolute atomic E-state index is 3.85. The van der Waals surface area contributed by atoms with E-state index in [4.69, 9.17) is 0 Å². The van der Waals surface area contributed by atoms with Gasteiger partial charge in [0.15, 0.2) is 0 Å². The minimum atomic E-state index is 1.08. The van der Waals surface area contributed by atoms with E-state index in [1.807, 2.05) is 0 Å². The molecule has 0 aromatic rings. The summed E-state index contributed by atoms with van der Waals surface area (Å²) in [5, 5.41) is 0. The Morgan fingerprint density at radius 3 is 1.83 bits per heavy atom. The quantitative estimate of drug-likeness (QED) is 0.254. The molecule has 0 unspecified atom stereocenters. The standard InChI is InChI=1S/C18H33/c1-3-5-7-9-11-13-15-17-18-16-14-12-10-8-6-4-2/h11,13,17-18H,1,3-10,12,14-16H2,2H3/b13-11-,18-17-. The van der Waals surface area contributed by atoms with Crippen LogP contribution in [0.3, 0.4) is 0 Å². The van der Waals surface area contributed by atoms with Crippen molar-refractivity contribution in [2.45, 2.75) is 84.0 Å². The average molecular weight is 249 g/mol. The van der Waals surface area contributed by atoms with Crippen molar-refractivity contribution >= 4 is 0 Å². The minimum Gasteiger partial charge on any atom is -0.0882 e. The molecule has 0 nitrogen and oxygen atoms in total. The molecule has 0 amide bonds. The first-order valence-corrected chi connectivity index (χ1v) is 8.01. The summed E-state index contributed by atoms with van der Waals surface area (Å²) in [6.07, 6.45) is 24.9. The van der Waals surface area contributed by atoms with E-state index in [1.54, 1.807) is 0 Å². The van der Waals surface area contributed by atoms with Crippen molar-refractivity contribution in [3.8, 4) is 0 Å². The van der Waals surface area contributed by atoms with Gasteiger partial charge in [0.05, 0.1) is 0 Å². The van der Waals surface area contributed by atoms with E-state index in [2.05, 4.69) is 38.2 Å². The normalized spacial score (nSPS) is 11.9. The Bertz CT molecular complexity index is 188. The molecule has 0 aliphatic heterocycles. The van der Waals surface area contributed by atoms with Crippen LogP contribution in [0.15, 0.2) is 24.3 Å². The highest BCUT2D eigenvalue weighted by atomic mass is 13.9. The highest BCUT2D eigenvalue weighted by Crippen LogP contribution is 2.07. The Morgan fingerprint density at radius 1 is 0.667 bits per heavy atom. The fourth-order valence-corrected chi connectivity index (χ4v) is 1.99. The molecule has 0 rings (SSSR count). The summed E-state index contributed by atoms with van der Waals surface area (Å²) >= 11 is 0. The summed E-state index contributed by atoms with van der Waals surface area (Å²) in [5.74, 6) is 0. The van der Waals surface area contributed by atoms with Gasteiger partial charge in [-0.05, 0) is 32.1 Å². The summed E-state index contributed by atoms with van der Waals surface area (Å²) in [6, 6.07) is 0. The van der Waals surface area contributed by atoms with Gasteiger partial charge >= 0.3 is 0 Å². The van der Waals surface area contributed by atoms with Crippen LogP contribution in [-0.2, 0) is 0 Å². The van der Waals surface area contributed by atoms with Crippen molar-refractivity contribution < 1.29 is 0 Å². The predicted molar refractivity (Wildman–Crippen MR) is 84.7 cm³/mol. The van der Waals surface area contributed by atoms with Crippen LogP contribution in [0.4, 0.5) is 0 Å². The van der Waals surface area contributed by atoms with Gasteiger partial charge in [0.2, 0.25) is 0 Å². The maximum atomic E-state index is 3.85. The van der Waals surface area contributed by atoms with Crippen LogP contribution in [0.1, 0.15) is 84.0 Å². The Labute approximate surface area is 116 Å². The fraction of sp³-hybridized carbons (Fsp3) is 0.722. The molecule has 0 aliphatic rings. The summed E-state index contributed by atoms with van der Waals surface area (Å²) in [7, 11) is 0. The van der Waals surface area contributed by atoms with Crippen molar-refractivity contribution in [3.05, 3.63) is 31.2 Å². The summed E-state index contributed by atoms with van der Waals surface area (Å²) < 4.78 is 0. The lowest BCUT2D eigenvalue weighted by Crippen LogP contribution is -1.77. The predicted octanol–water partition coefficient (Wildman–Crippen LogP) is 6.63. The van der Waals surface area contributed by atoms with E-state index in [-0.39, 0.29) is 0 Å². The van der Waals surface area contributed by atoms with Crippen LogP contribution >= 0.6 is 0 Å². The minimum absolute atomic E-state index is 1.08. The van der Waals surface area contributed by atoms with Gasteiger partial charge in [-0.25, -0.2) is 0 Å². The third kappa shape index (κ3) is 15.5. The molecule has 0 aromatic heterocycles. The van der Waals surface area contributed by atoms with Crippen LogP contribution in [0.25, 0.3) is 0 Å². The molecule has 0 aromatic carbocycles. The second-order valence-corrected chi connectivity index (χ2v) is 5.08. The zero-order valence-corrected chi connectivity index (χ0v) is 12.5. The van der Waals surface area contributed by atoms with Gasteiger partial charge in [-0.15, -0.1) is 0 Å². The molecular formula is C18H33. The van der Waals surface area contributed by atoms with E-state index in [1.165, 1.54) is 64.2 Å². The topological polar surface area (TPSA) is 0 Å². The molecule has 0 heteroatoms. The summed E-state index contributed by atoms with van der Waals surface area (Å²) in [4.78, 5) is 0. The lowest BCUT2D eigenvalue weighted by molar-refractivity contribution is 0.611. The molecule has 0 heterocycles. The summed E-state index contributed by atoms with van der Waals surface area (Å²) in [6.45, 7) is 6.12. The molecule has 0 saturated carbocycles. The molecule has 1 radical (unpaired) electrons. The van der Waals surface area contributed by atoms with E-state index < -0.39 is 0 Å². The van der Waals surface area contributed by atoms with E-state index in [0.29, 0.717) is 0 Å². The Kier molecular flexibility index (Phi) is 16.0. The third-order valence-corrected chi connectivity index (χ3v) is 3.20. The van der Waals surface area contributed by atoms with Gasteiger partial charge in [0, 0.05) is 0 Å². The van der Waals surface area contributed by atoms with Crippen LogP contribution in [-0.4, -0.2) is 0 Å². The van der Waals surface area contributed by atoms with E-state index >= 15 is 0 Å². The van der Waals surface area contributed by atoms with Crippen molar-refractivity contribution in [3.63, 3.8) is 0 Å². The molecule has 0 aliphatic carbocycles. The number of rotatable bonds is 13. The van der Waals surface area contributed by atoms with Gasteiger partial charge in [0.25, 0.3) is 0 Å². The molecule has 0 spiro atoms. The summed E-state index contributed by atoms with van der Waals surface area (Å²) in [5.41, 5.74) is 0. The largest absolute Gasteiger partial charge is 0.0882 e. The molecule has 0 atom stereocenters. The number of hydrogen-bond acceptors (Lipinski definition) is 0. The van der Waals surface area contributed by atoms with Crippen LogP contribution in [0.2, 0.25) is 0 Å². The molecule has 105 valence electrons. The maximum Gasteiger partial charge on any atom is -0.0169 e. The SMILES string of the molecule is [CH2]CCCC/C=C\C/C=C\CCCCCCCC. The van der Waals surface area contributed by atoms with Crippen molar-refractivity contribution in [1.82, 2.24) is 0 Å². The Balaban J connectivity index is 3.13. The lowest BCUT2D eigenvalue weighted by atomic mass is 10.1. The smallest absolute Gasteiger partial charge is 0.0169 e. The molecule has 0 bridgehead atoms. The first-order valence-electron chi connectivity index (χ1n) is 8.01. The first kappa shape index (κ1) is 17.5. The third-order valence-electron chi connectivity index (χ3n) is 3.20. The van der Waals surface area contributed by atoms with E-state index in [0.717, 1.165) is 12.8 Å². The molecule has 0 N–H and O–H groups in total. The van der Waals surface area contributed by atoms with Gasteiger partial charge in [-0.3, -0.25) is 0 Å². The average Bonchev–Trinajstić information content (AvgIpc) is 2.39. The van der Waals surface area contributed by atoms with Gasteiger partial charge < -0.3 is 0 Å². The first-order chi connectivity index (χ1) is 8.91. The highest BCUT2D eigenvalue weighted by molar-refractivity contribution is 4.92. The number of hydrogen-bond donors (Lipinski definition) is 0. The number of unbranched alkanes of at least 4 members (excludes halogenated alkanes) is 9. The van der Waals surface area contributed by atoms with Gasteiger partial charge in [0.1, 0.15) is 0 Å². The molecular weight excluding hydrogens is 216 g/mol. The van der Waals surface area contributed by atoms with Gasteiger partial charge in [-0.1, -0.05) is 83.1 Å².